The van der Waals surface area contributed by atoms with E-state index in [0.717, 1.165) is 0 Å². The fourth-order valence-electron chi connectivity index (χ4n) is 1.72. The summed E-state index contributed by atoms with van der Waals surface area (Å²) in [5, 5.41) is 5.55. The molecular weight excluding hydrogens is 258 g/mol. The molecule has 0 aliphatic heterocycles. The quantitative estimate of drug-likeness (QED) is 0.866. The molecule has 2 heterocycles. The average Bonchev–Trinajstić information content (AvgIpc) is 2.92. The first-order valence-corrected chi connectivity index (χ1v) is 6.20. The molecule has 2 aromatic rings. The first-order valence-electron chi connectivity index (χ1n) is 6.20. The van der Waals surface area contributed by atoms with Crippen LogP contribution in [0.5, 0.6) is 5.88 Å². The fraction of sp³-hybridized carbons (Fsp3) is 0.308. The number of methoxy groups -OCH3 is 1. The second-order valence-corrected chi connectivity index (χ2v) is 4.35. The highest BCUT2D eigenvalue weighted by Crippen LogP contribution is 2.10. The monoisotopic (exact) mass is 275 g/mol. The van der Waals surface area contributed by atoms with E-state index in [1.807, 2.05) is 17.7 Å². The number of imidazole rings is 1. The van der Waals surface area contributed by atoms with Crippen molar-refractivity contribution in [2.75, 3.05) is 12.4 Å². The zero-order valence-electron chi connectivity index (χ0n) is 11.4. The maximum atomic E-state index is 11.8. The van der Waals surface area contributed by atoms with Crippen LogP contribution in [0.15, 0.2) is 37.1 Å². The summed E-state index contributed by atoms with van der Waals surface area (Å²) in [4.78, 5) is 19.8. The van der Waals surface area contributed by atoms with Gasteiger partial charge in [-0.3, -0.25) is 0 Å². The summed E-state index contributed by atoms with van der Waals surface area (Å²) in [5.74, 6) is 0.504. The van der Waals surface area contributed by atoms with Crippen molar-refractivity contribution in [2.45, 2.75) is 19.5 Å². The Morgan fingerprint density at radius 2 is 2.35 bits per heavy atom. The number of aromatic nitrogens is 3. The molecule has 2 rings (SSSR count). The van der Waals surface area contributed by atoms with Crippen LogP contribution in [0.25, 0.3) is 0 Å². The summed E-state index contributed by atoms with van der Waals surface area (Å²) >= 11 is 0. The molecule has 20 heavy (non-hydrogen) atoms. The lowest BCUT2D eigenvalue weighted by atomic mass is 10.3. The van der Waals surface area contributed by atoms with Crippen LogP contribution in [0.1, 0.15) is 6.92 Å². The third-order valence-electron chi connectivity index (χ3n) is 2.62. The minimum atomic E-state index is -0.274. The molecule has 0 aromatic carbocycles. The molecule has 0 saturated heterocycles. The second kappa shape index (κ2) is 6.55. The molecule has 2 N–H and O–H groups in total. The molecule has 106 valence electrons. The van der Waals surface area contributed by atoms with Gasteiger partial charge in [-0.15, -0.1) is 0 Å². The standard InChI is InChI=1S/C13H17N5O2/c1-10(8-18-6-5-14-9-18)16-13(19)17-11-3-4-12(20-2)15-7-11/h3-7,9-10H,8H2,1-2H3,(H2,16,17,19)/t10-/m1/s1. The van der Waals surface area contributed by atoms with E-state index < -0.39 is 0 Å². The molecule has 2 amide bonds. The number of hydrogen-bond donors (Lipinski definition) is 2. The van der Waals surface area contributed by atoms with Gasteiger partial charge in [0.1, 0.15) is 0 Å². The summed E-state index contributed by atoms with van der Waals surface area (Å²) in [6, 6.07) is 3.12. The number of anilines is 1. The van der Waals surface area contributed by atoms with Crippen LogP contribution < -0.4 is 15.4 Å². The van der Waals surface area contributed by atoms with Gasteiger partial charge in [-0.2, -0.15) is 0 Å². The lowest BCUT2D eigenvalue weighted by Gasteiger charge is -2.15. The van der Waals surface area contributed by atoms with Crippen molar-refractivity contribution in [3.63, 3.8) is 0 Å². The van der Waals surface area contributed by atoms with Crippen LogP contribution in [0.3, 0.4) is 0 Å². The summed E-state index contributed by atoms with van der Waals surface area (Å²) in [6.45, 7) is 2.58. The number of urea groups is 1. The van der Waals surface area contributed by atoms with Crippen molar-refractivity contribution in [3.05, 3.63) is 37.1 Å². The van der Waals surface area contributed by atoms with Crippen LogP contribution in [0, 0.1) is 0 Å². The fourth-order valence-corrected chi connectivity index (χ4v) is 1.72. The number of rotatable bonds is 5. The molecule has 0 unspecified atom stereocenters. The number of pyridine rings is 1. The molecule has 0 saturated carbocycles. The SMILES string of the molecule is COc1ccc(NC(=O)N[C@H](C)Cn2ccnc2)cn1. The van der Waals surface area contributed by atoms with Gasteiger partial charge in [0.05, 0.1) is 25.3 Å². The third-order valence-corrected chi connectivity index (χ3v) is 2.62. The van der Waals surface area contributed by atoms with Gasteiger partial charge in [-0.1, -0.05) is 0 Å². The van der Waals surface area contributed by atoms with Crippen LogP contribution in [-0.2, 0) is 6.54 Å². The van der Waals surface area contributed by atoms with Crippen molar-refractivity contribution < 1.29 is 9.53 Å². The Hall–Kier alpha value is -2.57. The Morgan fingerprint density at radius 1 is 1.50 bits per heavy atom. The summed E-state index contributed by atoms with van der Waals surface area (Å²) in [5.41, 5.74) is 0.609. The Bertz CT molecular complexity index is 538. The van der Waals surface area contributed by atoms with Gasteiger partial charge in [-0.05, 0) is 13.0 Å². The van der Waals surface area contributed by atoms with E-state index in [0.29, 0.717) is 18.1 Å². The van der Waals surface area contributed by atoms with Crippen molar-refractivity contribution in [2.24, 2.45) is 0 Å². The topological polar surface area (TPSA) is 81.1 Å². The normalized spacial score (nSPS) is 11.7. The van der Waals surface area contributed by atoms with E-state index in [4.69, 9.17) is 4.74 Å². The van der Waals surface area contributed by atoms with E-state index in [-0.39, 0.29) is 12.1 Å². The van der Waals surface area contributed by atoms with Gasteiger partial charge in [0.15, 0.2) is 0 Å². The highest BCUT2D eigenvalue weighted by Gasteiger charge is 2.08. The number of nitrogens with zero attached hydrogens (tertiary/aromatic N) is 3. The number of amides is 2. The van der Waals surface area contributed by atoms with Crippen molar-refractivity contribution in [3.8, 4) is 5.88 Å². The lowest BCUT2D eigenvalue weighted by molar-refractivity contribution is 0.248. The summed E-state index contributed by atoms with van der Waals surface area (Å²) in [7, 11) is 1.54. The van der Waals surface area contributed by atoms with Crippen LogP contribution in [0.2, 0.25) is 0 Å². The van der Waals surface area contributed by atoms with Crippen LogP contribution >= 0.6 is 0 Å². The van der Waals surface area contributed by atoms with E-state index in [9.17, 15) is 4.79 Å². The van der Waals surface area contributed by atoms with Gasteiger partial charge >= 0.3 is 6.03 Å². The Kier molecular flexibility index (Phi) is 4.54. The van der Waals surface area contributed by atoms with Crippen molar-refractivity contribution >= 4 is 11.7 Å². The molecule has 0 aliphatic rings. The van der Waals surface area contributed by atoms with E-state index in [1.165, 1.54) is 0 Å². The molecule has 0 fully saturated rings. The minimum absolute atomic E-state index is 0.0181. The van der Waals surface area contributed by atoms with Crippen LogP contribution in [-0.4, -0.2) is 33.7 Å². The smallest absolute Gasteiger partial charge is 0.319 e. The van der Waals surface area contributed by atoms with Gasteiger partial charge in [-0.25, -0.2) is 14.8 Å². The molecule has 2 aromatic heterocycles. The Balaban J connectivity index is 1.82. The molecule has 0 radical (unpaired) electrons. The molecule has 7 nitrogen and oxygen atoms in total. The van der Waals surface area contributed by atoms with Crippen molar-refractivity contribution in [1.82, 2.24) is 19.9 Å². The minimum Gasteiger partial charge on any atom is -0.481 e. The predicted molar refractivity (Wildman–Crippen MR) is 74.6 cm³/mol. The van der Waals surface area contributed by atoms with Crippen molar-refractivity contribution in [1.29, 1.82) is 0 Å². The molecule has 0 spiro atoms. The molecule has 7 heteroatoms. The number of carbonyl (C=O) groups excluding carboxylic acids is 1. The van der Waals surface area contributed by atoms with Gasteiger partial charge < -0.3 is 19.9 Å². The van der Waals surface area contributed by atoms with Gasteiger partial charge in [0.2, 0.25) is 5.88 Å². The Labute approximate surface area is 117 Å². The zero-order chi connectivity index (χ0) is 14.4. The molecule has 1 atom stereocenters. The summed E-state index contributed by atoms with van der Waals surface area (Å²) < 4.78 is 6.85. The van der Waals surface area contributed by atoms with Crippen LogP contribution in [0.4, 0.5) is 10.5 Å². The molecule has 0 aliphatic carbocycles. The second-order valence-electron chi connectivity index (χ2n) is 4.35. The van der Waals surface area contributed by atoms with E-state index in [1.54, 1.807) is 38.0 Å². The highest BCUT2D eigenvalue weighted by molar-refractivity contribution is 5.89. The third kappa shape index (κ3) is 3.98. The largest absolute Gasteiger partial charge is 0.481 e. The predicted octanol–water partition coefficient (Wildman–Crippen LogP) is 1.50. The lowest BCUT2D eigenvalue weighted by Crippen LogP contribution is -2.38. The molecule has 0 bridgehead atoms. The number of carbonyl (C=O) groups is 1. The number of nitrogens with one attached hydrogen (secondary N) is 2. The zero-order valence-corrected chi connectivity index (χ0v) is 11.4. The Morgan fingerprint density at radius 3 is 2.95 bits per heavy atom. The summed E-state index contributed by atoms with van der Waals surface area (Å²) in [6.07, 6.45) is 6.81. The first-order chi connectivity index (χ1) is 9.67. The van der Waals surface area contributed by atoms with Gasteiger partial charge in [0, 0.05) is 31.0 Å². The number of hydrogen-bond acceptors (Lipinski definition) is 4. The average molecular weight is 275 g/mol. The van der Waals surface area contributed by atoms with E-state index in [2.05, 4.69) is 20.6 Å². The maximum Gasteiger partial charge on any atom is 0.319 e. The maximum absolute atomic E-state index is 11.8. The molecular formula is C13H17N5O2. The number of ether oxygens (including phenoxy) is 1. The first kappa shape index (κ1) is 13.9. The highest BCUT2D eigenvalue weighted by atomic mass is 16.5. The van der Waals surface area contributed by atoms with Gasteiger partial charge in [0.25, 0.3) is 0 Å². The van der Waals surface area contributed by atoms with E-state index >= 15 is 0 Å².